The molecule has 0 aliphatic heterocycles. The van der Waals surface area contributed by atoms with Crippen molar-refractivity contribution in [1.29, 1.82) is 0 Å². The summed E-state index contributed by atoms with van der Waals surface area (Å²) < 4.78 is 5.48. The zero-order chi connectivity index (χ0) is 13.8. The first-order chi connectivity index (χ1) is 8.36. The number of carboxylic acid groups (broad SMARTS) is 1. The average Bonchev–Trinajstić information content (AvgIpc) is 2.36. The van der Waals surface area contributed by atoms with Crippen molar-refractivity contribution in [2.45, 2.75) is 33.2 Å². The first kappa shape index (κ1) is 14.5. The predicted molar refractivity (Wildman–Crippen MR) is 70.6 cm³/mol. The van der Waals surface area contributed by atoms with Crippen molar-refractivity contribution in [3.8, 4) is 5.75 Å². The van der Waals surface area contributed by atoms with Crippen LogP contribution in [0, 0.1) is 5.41 Å². The molecule has 4 heteroatoms. The second-order valence-corrected chi connectivity index (χ2v) is 5.06. The molecule has 0 aliphatic rings. The summed E-state index contributed by atoms with van der Waals surface area (Å²) in [4.78, 5) is 10.9. The molecule has 1 aromatic carbocycles. The average molecular weight is 251 g/mol. The molecule has 1 aromatic rings. The molecule has 0 heterocycles. The van der Waals surface area contributed by atoms with Crippen LogP contribution in [0.3, 0.4) is 0 Å². The molecule has 0 saturated heterocycles. The summed E-state index contributed by atoms with van der Waals surface area (Å²) in [6.45, 7) is 5.44. The van der Waals surface area contributed by atoms with E-state index in [-0.39, 0.29) is 12.6 Å². The number of carboxylic acids is 1. The molecule has 0 aromatic heterocycles. The van der Waals surface area contributed by atoms with E-state index >= 15 is 0 Å². The maximum Gasteiger partial charge on any atom is 0.312 e. The van der Waals surface area contributed by atoms with Crippen molar-refractivity contribution in [1.82, 2.24) is 0 Å². The monoisotopic (exact) mass is 251 g/mol. The molecular weight excluding hydrogens is 230 g/mol. The van der Waals surface area contributed by atoms with Crippen LogP contribution in [0.4, 0.5) is 0 Å². The minimum absolute atomic E-state index is 0.0366. The van der Waals surface area contributed by atoms with Gasteiger partial charge in [0.15, 0.2) is 0 Å². The zero-order valence-corrected chi connectivity index (χ0v) is 11.1. The molecule has 18 heavy (non-hydrogen) atoms. The van der Waals surface area contributed by atoms with Crippen molar-refractivity contribution in [2.24, 2.45) is 11.1 Å². The highest BCUT2D eigenvalue weighted by molar-refractivity contribution is 5.73. The van der Waals surface area contributed by atoms with Crippen molar-refractivity contribution in [3.63, 3.8) is 0 Å². The third-order valence-corrected chi connectivity index (χ3v) is 2.93. The third-order valence-electron chi connectivity index (χ3n) is 2.93. The van der Waals surface area contributed by atoms with Gasteiger partial charge in [0.25, 0.3) is 0 Å². The number of nitrogens with two attached hydrogens (primary N) is 1. The van der Waals surface area contributed by atoms with E-state index in [9.17, 15) is 4.79 Å². The predicted octanol–water partition coefficient (Wildman–Crippen LogP) is 2.59. The van der Waals surface area contributed by atoms with Gasteiger partial charge in [-0.1, -0.05) is 19.1 Å². The molecule has 0 spiro atoms. The van der Waals surface area contributed by atoms with Gasteiger partial charge in [-0.05, 0) is 38.0 Å². The first-order valence-corrected chi connectivity index (χ1v) is 6.08. The standard InChI is InChI=1S/C14H21NO3/c1-4-12(15)10-5-7-11(8-6-10)18-9-14(2,3)13(16)17/h5-8,12H,4,9,15H2,1-3H3,(H,16,17)/t12-/m1/s1. The molecule has 0 unspecified atom stereocenters. The van der Waals surface area contributed by atoms with E-state index < -0.39 is 11.4 Å². The summed E-state index contributed by atoms with van der Waals surface area (Å²) in [5, 5.41) is 8.97. The molecule has 1 rings (SSSR count). The Balaban J connectivity index is 2.62. The largest absolute Gasteiger partial charge is 0.492 e. The molecule has 0 aliphatic carbocycles. The molecule has 3 N–H and O–H groups in total. The fourth-order valence-corrected chi connectivity index (χ4v) is 1.37. The summed E-state index contributed by atoms with van der Waals surface area (Å²) in [7, 11) is 0. The van der Waals surface area contributed by atoms with Crippen LogP contribution in [-0.4, -0.2) is 17.7 Å². The molecule has 4 nitrogen and oxygen atoms in total. The lowest BCUT2D eigenvalue weighted by molar-refractivity contribution is -0.148. The van der Waals surface area contributed by atoms with Crippen LogP contribution in [0.15, 0.2) is 24.3 Å². The van der Waals surface area contributed by atoms with E-state index in [1.54, 1.807) is 13.8 Å². The normalized spacial score (nSPS) is 13.1. The van der Waals surface area contributed by atoms with Gasteiger partial charge in [0.05, 0.1) is 5.41 Å². The topological polar surface area (TPSA) is 72.5 Å². The molecule has 0 bridgehead atoms. The maximum atomic E-state index is 10.9. The minimum Gasteiger partial charge on any atom is -0.492 e. The third kappa shape index (κ3) is 3.74. The number of benzene rings is 1. The second-order valence-electron chi connectivity index (χ2n) is 5.06. The van der Waals surface area contributed by atoms with E-state index in [0.29, 0.717) is 5.75 Å². The van der Waals surface area contributed by atoms with Crippen LogP contribution < -0.4 is 10.5 Å². The highest BCUT2D eigenvalue weighted by Crippen LogP contribution is 2.21. The number of rotatable bonds is 6. The number of ether oxygens (including phenoxy) is 1. The zero-order valence-electron chi connectivity index (χ0n) is 11.1. The fraction of sp³-hybridized carbons (Fsp3) is 0.500. The van der Waals surface area contributed by atoms with Crippen LogP contribution in [0.1, 0.15) is 38.8 Å². The lowest BCUT2D eigenvalue weighted by Crippen LogP contribution is -2.30. The van der Waals surface area contributed by atoms with E-state index in [4.69, 9.17) is 15.6 Å². The number of aliphatic carboxylic acids is 1. The molecular formula is C14H21NO3. The molecule has 0 saturated carbocycles. The van der Waals surface area contributed by atoms with Gasteiger partial charge >= 0.3 is 5.97 Å². The van der Waals surface area contributed by atoms with Gasteiger partial charge in [0.2, 0.25) is 0 Å². The van der Waals surface area contributed by atoms with Crippen molar-refractivity contribution in [3.05, 3.63) is 29.8 Å². The highest BCUT2D eigenvalue weighted by Gasteiger charge is 2.28. The van der Waals surface area contributed by atoms with Crippen LogP contribution in [0.5, 0.6) is 5.75 Å². The first-order valence-electron chi connectivity index (χ1n) is 6.08. The van der Waals surface area contributed by atoms with Gasteiger partial charge in [0.1, 0.15) is 12.4 Å². The Bertz CT molecular complexity index is 398. The summed E-state index contributed by atoms with van der Waals surface area (Å²) in [6, 6.07) is 7.51. The van der Waals surface area contributed by atoms with Crippen molar-refractivity contribution >= 4 is 5.97 Å². The Morgan fingerprint density at radius 1 is 1.39 bits per heavy atom. The lowest BCUT2D eigenvalue weighted by atomic mass is 9.95. The summed E-state index contributed by atoms with van der Waals surface area (Å²) in [6.07, 6.45) is 0.881. The molecule has 0 fully saturated rings. The van der Waals surface area contributed by atoms with E-state index in [1.807, 2.05) is 31.2 Å². The van der Waals surface area contributed by atoms with Crippen LogP contribution in [0.25, 0.3) is 0 Å². The fourth-order valence-electron chi connectivity index (χ4n) is 1.37. The van der Waals surface area contributed by atoms with Gasteiger partial charge in [-0.25, -0.2) is 0 Å². The maximum absolute atomic E-state index is 10.9. The van der Waals surface area contributed by atoms with Gasteiger partial charge < -0.3 is 15.6 Å². The summed E-state index contributed by atoms with van der Waals surface area (Å²) >= 11 is 0. The van der Waals surface area contributed by atoms with E-state index in [1.165, 1.54) is 0 Å². The second kappa shape index (κ2) is 5.87. The molecule has 0 radical (unpaired) electrons. The quantitative estimate of drug-likeness (QED) is 0.815. The Kier molecular flexibility index (Phi) is 4.73. The SMILES string of the molecule is CC[C@@H](N)c1ccc(OCC(C)(C)C(=O)O)cc1. The Hall–Kier alpha value is -1.55. The number of carbonyl (C=O) groups is 1. The summed E-state index contributed by atoms with van der Waals surface area (Å²) in [5.74, 6) is -0.205. The van der Waals surface area contributed by atoms with Crippen molar-refractivity contribution < 1.29 is 14.6 Å². The Labute approximate surface area is 108 Å². The van der Waals surface area contributed by atoms with Gasteiger partial charge in [-0.2, -0.15) is 0 Å². The van der Waals surface area contributed by atoms with Gasteiger partial charge in [-0.15, -0.1) is 0 Å². The van der Waals surface area contributed by atoms with E-state index in [0.717, 1.165) is 12.0 Å². The summed E-state index contributed by atoms with van der Waals surface area (Å²) in [5.41, 5.74) is 6.08. The van der Waals surface area contributed by atoms with Crippen LogP contribution in [-0.2, 0) is 4.79 Å². The smallest absolute Gasteiger partial charge is 0.312 e. The van der Waals surface area contributed by atoms with Gasteiger partial charge in [0, 0.05) is 6.04 Å². The van der Waals surface area contributed by atoms with Gasteiger partial charge in [-0.3, -0.25) is 4.79 Å². The Morgan fingerprint density at radius 2 is 1.94 bits per heavy atom. The van der Waals surface area contributed by atoms with Crippen LogP contribution >= 0.6 is 0 Å². The minimum atomic E-state index is -0.890. The number of hydrogen-bond donors (Lipinski definition) is 2. The van der Waals surface area contributed by atoms with Crippen molar-refractivity contribution in [2.75, 3.05) is 6.61 Å². The highest BCUT2D eigenvalue weighted by atomic mass is 16.5. The van der Waals surface area contributed by atoms with E-state index in [2.05, 4.69) is 0 Å². The molecule has 0 amide bonds. The molecule has 100 valence electrons. The molecule has 1 atom stereocenters. The number of hydrogen-bond acceptors (Lipinski definition) is 3. The Morgan fingerprint density at radius 3 is 2.39 bits per heavy atom. The lowest BCUT2D eigenvalue weighted by Gasteiger charge is -2.19. The van der Waals surface area contributed by atoms with Crippen LogP contribution in [0.2, 0.25) is 0 Å².